The fraction of sp³-hybridized carbons (Fsp3) is 0. The van der Waals surface area contributed by atoms with Crippen LogP contribution in [0.2, 0.25) is 0 Å². The first kappa shape index (κ1) is 10.0. The topological polar surface area (TPSA) is 87.7 Å². The largest absolute Gasteiger partial charge is 0.366 e. The lowest BCUT2D eigenvalue weighted by molar-refractivity contribution is 0.102. The summed E-state index contributed by atoms with van der Waals surface area (Å²) in [6.45, 7) is 0. The molecule has 0 spiro atoms. The zero-order valence-corrected chi connectivity index (χ0v) is 8.18. The first-order chi connectivity index (χ1) is 7.77. The van der Waals surface area contributed by atoms with Crippen molar-refractivity contribution in [2.45, 2.75) is 0 Å². The van der Waals surface area contributed by atoms with Crippen LogP contribution in [0.1, 0.15) is 10.5 Å². The van der Waals surface area contributed by atoms with Gasteiger partial charge in [0.15, 0.2) is 0 Å². The van der Waals surface area contributed by atoms with Crippen molar-refractivity contribution in [3.63, 3.8) is 0 Å². The van der Waals surface area contributed by atoms with Crippen LogP contribution in [-0.2, 0) is 0 Å². The molecule has 0 unspecified atom stereocenters. The Morgan fingerprint density at radius 2 is 2.25 bits per heavy atom. The van der Waals surface area contributed by atoms with Crippen LogP contribution in [0.4, 0.5) is 5.69 Å². The fourth-order valence-electron chi connectivity index (χ4n) is 1.12. The fourth-order valence-corrected chi connectivity index (χ4v) is 1.12. The number of hydrogen-bond donors (Lipinski definition) is 2. The average molecular weight is 216 g/mol. The van der Waals surface area contributed by atoms with E-state index in [0.717, 1.165) is 0 Å². The molecule has 6 nitrogen and oxygen atoms in total. The molecule has 2 N–H and O–H groups in total. The Morgan fingerprint density at radius 3 is 2.94 bits per heavy atom. The van der Waals surface area contributed by atoms with Gasteiger partial charge in [0.05, 0.1) is 6.20 Å². The summed E-state index contributed by atoms with van der Waals surface area (Å²) in [6, 6.07) is 1.33. The van der Waals surface area contributed by atoms with Gasteiger partial charge in [-0.05, 0) is 0 Å². The number of anilines is 1. The Balaban J connectivity index is 2.21. The molecule has 6 heteroatoms. The zero-order valence-electron chi connectivity index (χ0n) is 8.18. The van der Waals surface area contributed by atoms with E-state index >= 15 is 0 Å². The molecule has 0 bridgehead atoms. The summed E-state index contributed by atoms with van der Waals surface area (Å²) in [5.74, 6) is -0.468. The molecule has 0 aliphatic rings. The molecule has 0 radical (unpaired) electrons. The number of amides is 1. The van der Waals surface area contributed by atoms with Crippen LogP contribution in [0.15, 0.2) is 41.8 Å². The van der Waals surface area contributed by atoms with Crippen LogP contribution >= 0.6 is 0 Å². The van der Waals surface area contributed by atoms with Crippen molar-refractivity contribution in [2.75, 3.05) is 5.32 Å². The average Bonchev–Trinajstić information content (AvgIpc) is 2.33. The molecular weight excluding hydrogens is 208 g/mol. The predicted molar refractivity (Wildman–Crippen MR) is 57.0 cm³/mol. The van der Waals surface area contributed by atoms with E-state index in [2.05, 4.69) is 20.3 Å². The number of pyridine rings is 1. The maximum Gasteiger partial charge on any atom is 0.276 e. The Bertz CT molecular complexity index is 550. The van der Waals surface area contributed by atoms with E-state index in [1.165, 1.54) is 37.1 Å². The van der Waals surface area contributed by atoms with Gasteiger partial charge in [0.2, 0.25) is 5.43 Å². The Kier molecular flexibility index (Phi) is 2.73. The molecule has 2 aromatic heterocycles. The standard InChI is InChI=1S/C10H8N4O2/c15-9-1-2-11-5-7(9)14-10(16)8-6-12-3-4-13-8/h1-6H,(H,11,15)(H,14,16). The number of aromatic nitrogens is 3. The summed E-state index contributed by atoms with van der Waals surface area (Å²) >= 11 is 0. The number of nitrogens with zero attached hydrogens (tertiary/aromatic N) is 2. The zero-order chi connectivity index (χ0) is 11.4. The third-order valence-electron chi connectivity index (χ3n) is 1.87. The van der Waals surface area contributed by atoms with Gasteiger partial charge in [0, 0.05) is 30.9 Å². The third kappa shape index (κ3) is 2.11. The molecule has 80 valence electrons. The van der Waals surface area contributed by atoms with Crippen molar-refractivity contribution in [1.29, 1.82) is 0 Å². The Hall–Kier alpha value is -2.50. The minimum atomic E-state index is -0.468. The molecule has 2 aromatic rings. The summed E-state index contributed by atoms with van der Waals surface area (Å²) in [6.07, 6.45) is 7.10. The Morgan fingerprint density at radius 1 is 1.38 bits per heavy atom. The molecule has 0 atom stereocenters. The van der Waals surface area contributed by atoms with E-state index < -0.39 is 5.91 Å². The van der Waals surface area contributed by atoms with E-state index in [9.17, 15) is 9.59 Å². The second-order valence-corrected chi connectivity index (χ2v) is 2.97. The van der Waals surface area contributed by atoms with Gasteiger partial charge in [-0.25, -0.2) is 4.98 Å². The maximum absolute atomic E-state index is 11.6. The number of nitrogens with one attached hydrogen (secondary N) is 2. The lowest BCUT2D eigenvalue weighted by Gasteiger charge is -2.02. The highest BCUT2D eigenvalue weighted by Gasteiger charge is 2.08. The van der Waals surface area contributed by atoms with Crippen LogP contribution in [0.5, 0.6) is 0 Å². The highest BCUT2D eigenvalue weighted by Crippen LogP contribution is 1.99. The summed E-state index contributed by atoms with van der Waals surface area (Å²) in [4.78, 5) is 33.2. The molecule has 16 heavy (non-hydrogen) atoms. The molecule has 2 heterocycles. The first-order valence-corrected chi connectivity index (χ1v) is 4.52. The number of carbonyl (C=O) groups is 1. The molecule has 0 aliphatic carbocycles. The first-order valence-electron chi connectivity index (χ1n) is 4.52. The molecule has 0 aliphatic heterocycles. The second kappa shape index (κ2) is 4.35. The van der Waals surface area contributed by atoms with Crippen LogP contribution < -0.4 is 10.7 Å². The minimum absolute atomic E-state index is 0.158. The molecule has 0 aromatic carbocycles. The summed E-state index contributed by atoms with van der Waals surface area (Å²) in [5, 5.41) is 2.44. The van der Waals surface area contributed by atoms with Gasteiger partial charge in [0.1, 0.15) is 11.4 Å². The highest BCUT2D eigenvalue weighted by molar-refractivity contribution is 6.02. The van der Waals surface area contributed by atoms with Crippen molar-refractivity contribution < 1.29 is 4.79 Å². The third-order valence-corrected chi connectivity index (χ3v) is 1.87. The smallest absolute Gasteiger partial charge is 0.276 e. The summed E-state index contributed by atoms with van der Waals surface area (Å²) < 4.78 is 0. The monoisotopic (exact) mass is 216 g/mol. The van der Waals surface area contributed by atoms with Gasteiger partial charge < -0.3 is 10.3 Å². The number of hydrogen-bond acceptors (Lipinski definition) is 4. The van der Waals surface area contributed by atoms with Gasteiger partial charge in [-0.1, -0.05) is 0 Å². The number of rotatable bonds is 2. The SMILES string of the molecule is O=C(Nc1c[nH]ccc1=O)c1cnccn1. The van der Waals surface area contributed by atoms with Crippen molar-refractivity contribution in [2.24, 2.45) is 0 Å². The molecule has 0 saturated heterocycles. The second-order valence-electron chi connectivity index (χ2n) is 2.97. The van der Waals surface area contributed by atoms with Gasteiger partial charge >= 0.3 is 0 Å². The highest BCUT2D eigenvalue weighted by atomic mass is 16.2. The number of H-pyrrole nitrogens is 1. The molecule has 0 saturated carbocycles. The molecule has 1 amide bonds. The lowest BCUT2D eigenvalue weighted by Crippen LogP contribution is -2.19. The number of aromatic amines is 1. The van der Waals surface area contributed by atoms with E-state index in [4.69, 9.17) is 0 Å². The van der Waals surface area contributed by atoms with Gasteiger partial charge in [-0.15, -0.1) is 0 Å². The van der Waals surface area contributed by atoms with E-state index in [0.29, 0.717) is 0 Å². The van der Waals surface area contributed by atoms with Gasteiger partial charge in [0.25, 0.3) is 5.91 Å². The van der Waals surface area contributed by atoms with Crippen LogP contribution in [0.3, 0.4) is 0 Å². The predicted octanol–water partition coefficient (Wildman–Crippen LogP) is 0.417. The van der Waals surface area contributed by atoms with Crippen LogP contribution in [0.25, 0.3) is 0 Å². The van der Waals surface area contributed by atoms with Gasteiger partial charge in [-0.2, -0.15) is 0 Å². The summed E-state index contributed by atoms with van der Waals surface area (Å²) in [7, 11) is 0. The van der Waals surface area contributed by atoms with Crippen molar-refractivity contribution >= 4 is 11.6 Å². The lowest BCUT2D eigenvalue weighted by atomic mass is 10.3. The minimum Gasteiger partial charge on any atom is -0.366 e. The van der Waals surface area contributed by atoms with Crippen LogP contribution in [-0.4, -0.2) is 20.9 Å². The van der Waals surface area contributed by atoms with Crippen molar-refractivity contribution in [3.05, 3.63) is 53.0 Å². The van der Waals surface area contributed by atoms with E-state index in [1.807, 2.05) is 0 Å². The normalized spacial score (nSPS) is 9.75. The van der Waals surface area contributed by atoms with E-state index in [-0.39, 0.29) is 16.8 Å². The molecular formula is C10H8N4O2. The van der Waals surface area contributed by atoms with Gasteiger partial charge in [-0.3, -0.25) is 14.6 Å². The molecule has 2 rings (SSSR count). The van der Waals surface area contributed by atoms with Crippen LogP contribution in [0, 0.1) is 0 Å². The Labute approximate surface area is 90.4 Å². The number of carbonyl (C=O) groups excluding carboxylic acids is 1. The van der Waals surface area contributed by atoms with E-state index in [1.54, 1.807) is 0 Å². The quantitative estimate of drug-likeness (QED) is 0.761. The molecule has 0 fully saturated rings. The summed E-state index contributed by atoms with van der Waals surface area (Å²) in [5.41, 5.74) is 0.0693. The maximum atomic E-state index is 11.6. The van der Waals surface area contributed by atoms with Crippen molar-refractivity contribution in [3.8, 4) is 0 Å². The van der Waals surface area contributed by atoms with Crippen molar-refractivity contribution in [1.82, 2.24) is 15.0 Å².